The Balaban J connectivity index is 1.66. The van der Waals surface area contributed by atoms with Crippen LogP contribution in [0.1, 0.15) is 36.8 Å². The van der Waals surface area contributed by atoms with Crippen LogP contribution in [0.5, 0.6) is 0 Å². The molecule has 0 aromatic heterocycles. The number of rotatable bonds is 5. The summed E-state index contributed by atoms with van der Waals surface area (Å²) in [5.41, 5.74) is -0.429. The van der Waals surface area contributed by atoms with Crippen LogP contribution in [0.2, 0.25) is 0 Å². The van der Waals surface area contributed by atoms with Gasteiger partial charge in [0, 0.05) is 25.0 Å². The summed E-state index contributed by atoms with van der Waals surface area (Å²) in [6.07, 6.45) is -1.13. The second-order valence-corrected chi connectivity index (χ2v) is 6.33. The van der Waals surface area contributed by atoms with E-state index < -0.39 is 11.7 Å². The van der Waals surface area contributed by atoms with E-state index in [0.717, 1.165) is 38.4 Å². The first-order valence-corrected chi connectivity index (χ1v) is 8.14. The van der Waals surface area contributed by atoms with Gasteiger partial charge in [0.15, 0.2) is 0 Å². The normalized spacial score (nSPS) is 21.4. The monoisotopic (exact) mass is 326 g/mol. The predicted molar refractivity (Wildman–Crippen MR) is 80.9 cm³/mol. The lowest BCUT2D eigenvalue weighted by atomic mass is 10.0. The average Bonchev–Trinajstić information content (AvgIpc) is 3.19. The van der Waals surface area contributed by atoms with Crippen molar-refractivity contribution in [2.75, 3.05) is 13.1 Å². The summed E-state index contributed by atoms with van der Waals surface area (Å²) in [5.74, 6) is -0.0156. The van der Waals surface area contributed by atoms with Crippen molar-refractivity contribution in [2.45, 2.75) is 50.4 Å². The van der Waals surface area contributed by atoms with Gasteiger partial charge in [-0.05, 0) is 43.9 Å². The summed E-state index contributed by atoms with van der Waals surface area (Å²) >= 11 is 0. The summed E-state index contributed by atoms with van der Waals surface area (Å²) in [7, 11) is 0. The Morgan fingerprint density at radius 3 is 2.52 bits per heavy atom. The van der Waals surface area contributed by atoms with Crippen LogP contribution in [0.4, 0.5) is 13.2 Å². The van der Waals surface area contributed by atoms with Crippen LogP contribution in [-0.2, 0) is 17.4 Å². The molecule has 2 aliphatic rings. The van der Waals surface area contributed by atoms with Gasteiger partial charge >= 0.3 is 6.18 Å². The van der Waals surface area contributed by atoms with Crippen molar-refractivity contribution >= 4 is 5.91 Å². The van der Waals surface area contributed by atoms with Crippen molar-refractivity contribution in [3.05, 3.63) is 35.4 Å². The SMILES string of the molecule is O=C(CCc1ccccc1C(F)(F)F)N(C1CC1)C1CCNC1. The van der Waals surface area contributed by atoms with Crippen molar-refractivity contribution < 1.29 is 18.0 Å². The largest absolute Gasteiger partial charge is 0.416 e. The number of carbonyl (C=O) groups is 1. The van der Waals surface area contributed by atoms with Crippen LogP contribution in [0.25, 0.3) is 0 Å². The Kier molecular flexibility index (Phi) is 4.62. The van der Waals surface area contributed by atoms with Gasteiger partial charge in [-0.1, -0.05) is 18.2 Å². The Hall–Kier alpha value is -1.56. The van der Waals surface area contributed by atoms with E-state index in [1.807, 2.05) is 4.90 Å². The van der Waals surface area contributed by atoms with Crippen molar-refractivity contribution in [3.63, 3.8) is 0 Å². The van der Waals surface area contributed by atoms with Gasteiger partial charge in [0.1, 0.15) is 0 Å². The second-order valence-electron chi connectivity index (χ2n) is 6.33. The quantitative estimate of drug-likeness (QED) is 0.902. The smallest absolute Gasteiger partial charge is 0.335 e. The van der Waals surface area contributed by atoms with Crippen LogP contribution < -0.4 is 5.32 Å². The van der Waals surface area contributed by atoms with E-state index in [-0.39, 0.29) is 30.4 Å². The van der Waals surface area contributed by atoms with Gasteiger partial charge in [0.2, 0.25) is 5.91 Å². The summed E-state index contributed by atoms with van der Waals surface area (Å²) in [4.78, 5) is 14.5. The molecule has 1 aromatic rings. The Morgan fingerprint density at radius 1 is 1.17 bits per heavy atom. The maximum absolute atomic E-state index is 13.0. The zero-order valence-electron chi connectivity index (χ0n) is 12.9. The van der Waals surface area contributed by atoms with E-state index >= 15 is 0 Å². The van der Waals surface area contributed by atoms with Crippen LogP contribution in [0.15, 0.2) is 24.3 Å². The lowest BCUT2D eigenvalue weighted by Gasteiger charge is -2.29. The zero-order chi connectivity index (χ0) is 16.4. The Labute approximate surface area is 133 Å². The minimum absolute atomic E-state index is 0.0156. The van der Waals surface area contributed by atoms with Crippen molar-refractivity contribution in [3.8, 4) is 0 Å². The first-order chi connectivity index (χ1) is 11.0. The molecule has 0 spiro atoms. The van der Waals surface area contributed by atoms with Gasteiger partial charge < -0.3 is 10.2 Å². The standard InChI is InChI=1S/C17H21F3N2O/c18-17(19,20)15-4-2-1-3-12(15)5-8-16(23)22(13-6-7-13)14-9-10-21-11-14/h1-4,13-14,21H,5-11H2. The van der Waals surface area contributed by atoms with E-state index in [1.54, 1.807) is 6.07 Å². The molecule has 1 aliphatic carbocycles. The van der Waals surface area contributed by atoms with E-state index in [0.29, 0.717) is 6.04 Å². The van der Waals surface area contributed by atoms with E-state index in [1.165, 1.54) is 12.1 Å². The number of carbonyl (C=O) groups excluding carboxylic acids is 1. The lowest BCUT2D eigenvalue weighted by Crippen LogP contribution is -2.43. The fourth-order valence-corrected chi connectivity index (χ4v) is 3.32. The fraction of sp³-hybridized carbons (Fsp3) is 0.588. The molecule has 0 radical (unpaired) electrons. The Bertz CT molecular complexity index is 563. The molecule has 1 aliphatic heterocycles. The van der Waals surface area contributed by atoms with Crippen LogP contribution >= 0.6 is 0 Å². The highest BCUT2D eigenvalue weighted by Gasteiger charge is 2.38. The summed E-state index contributed by atoms with van der Waals surface area (Å²) in [6, 6.07) is 6.02. The van der Waals surface area contributed by atoms with Gasteiger partial charge in [0.25, 0.3) is 0 Å². The minimum Gasteiger partial charge on any atom is -0.335 e. The molecule has 1 amide bonds. The molecule has 126 valence electrons. The van der Waals surface area contributed by atoms with Gasteiger partial charge in [-0.2, -0.15) is 13.2 Å². The van der Waals surface area contributed by atoms with Crippen molar-refractivity contribution in [2.24, 2.45) is 0 Å². The van der Waals surface area contributed by atoms with E-state index in [4.69, 9.17) is 0 Å². The van der Waals surface area contributed by atoms with Crippen LogP contribution in [0.3, 0.4) is 0 Å². The molecule has 1 saturated heterocycles. The van der Waals surface area contributed by atoms with Crippen molar-refractivity contribution in [1.29, 1.82) is 0 Å². The molecule has 1 unspecified atom stereocenters. The maximum atomic E-state index is 13.0. The molecule has 23 heavy (non-hydrogen) atoms. The van der Waals surface area contributed by atoms with E-state index in [9.17, 15) is 18.0 Å². The highest BCUT2D eigenvalue weighted by Crippen LogP contribution is 2.34. The number of alkyl halides is 3. The zero-order valence-corrected chi connectivity index (χ0v) is 12.9. The molecular weight excluding hydrogens is 305 g/mol. The lowest BCUT2D eigenvalue weighted by molar-refractivity contribution is -0.139. The third-order valence-corrected chi connectivity index (χ3v) is 4.59. The number of aryl methyl sites for hydroxylation is 1. The minimum atomic E-state index is -4.37. The predicted octanol–water partition coefficient (Wildman–Crippen LogP) is 2.99. The van der Waals surface area contributed by atoms with Gasteiger partial charge in [0.05, 0.1) is 5.56 Å². The maximum Gasteiger partial charge on any atom is 0.416 e. The summed E-state index contributed by atoms with van der Waals surface area (Å²) < 4.78 is 39.0. The first-order valence-electron chi connectivity index (χ1n) is 8.14. The number of halogens is 3. The topological polar surface area (TPSA) is 32.3 Å². The average molecular weight is 326 g/mol. The molecular formula is C17H21F3N2O. The summed E-state index contributed by atoms with van der Waals surface area (Å²) in [5, 5.41) is 3.25. The molecule has 1 heterocycles. The summed E-state index contributed by atoms with van der Waals surface area (Å²) in [6.45, 7) is 1.69. The van der Waals surface area contributed by atoms with Crippen LogP contribution in [-0.4, -0.2) is 36.0 Å². The van der Waals surface area contributed by atoms with Gasteiger partial charge in [-0.3, -0.25) is 4.79 Å². The molecule has 1 saturated carbocycles. The third-order valence-electron chi connectivity index (χ3n) is 4.59. The first kappa shape index (κ1) is 16.3. The second kappa shape index (κ2) is 6.51. The number of nitrogens with one attached hydrogen (secondary N) is 1. The van der Waals surface area contributed by atoms with E-state index in [2.05, 4.69) is 5.32 Å². The number of hydrogen-bond donors (Lipinski definition) is 1. The molecule has 1 atom stereocenters. The Morgan fingerprint density at radius 2 is 1.91 bits per heavy atom. The number of nitrogens with zero attached hydrogens (tertiary/aromatic N) is 1. The van der Waals surface area contributed by atoms with Gasteiger partial charge in [-0.15, -0.1) is 0 Å². The third kappa shape index (κ3) is 3.86. The van der Waals surface area contributed by atoms with Crippen LogP contribution in [0, 0.1) is 0 Å². The highest BCUT2D eigenvalue weighted by molar-refractivity contribution is 5.77. The molecule has 3 nitrogen and oxygen atoms in total. The molecule has 6 heteroatoms. The molecule has 1 N–H and O–H groups in total. The molecule has 2 fully saturated rings. The number of amides is 1. The molecule has 1 aromatic carbocycles. The molecule has 0 bridgehead atoms. The number of hydrogen-bond acceptors (Lipinski definition) is 2. The highest BCUT2D eigenvalue weighted by atomic mass is 19.4. The number of benzene rings is 1. The van der Waals surface area contributed by atoms with Gasteiger partial charge in [-0.25, -0.2) is 0 Å². The van der Waals surface area contributed by atoms with Crippen molar-refractivity contribution in [1.82, 2.24) is 10.2 Å². The fourth-order valence-electron chi connectivity index (χ4n) is 3.32. The molecule has 3 rings (SSSR count).